The molecule has 6 heteroatoms. The summed E-state index contributed by atoms with van der Waals surface area (Å²) in [6.45, 7) is 3.03. The molecule has 110 valence electrons. The van der Waals surface area contributed by atoms with E-state index in [1.165, 1.54) is 12.8 Å². The van der Waals surface area contributed by atoms with Crippen molar-refractivity contribution < 1.29 is 4.92 Å². The molecule has 1 aromatic carbocycles. The van der Waals surface area contributed by atoms with Gasteiger partial charge in [0.2, 0.25) is 0 Å². The number of rotatable bonds is 5. The minimum atomic E-state index is -0.430. The topological polar surface area (TPSA) is 58.4 Å². The van der Waals surface area contributed by atoms with Crippen molar-refractivity contribution in [1.82, 2.24) is 4.90 Å². The average Bonchev–Trinajstić information content (AvgIpc) is 2.40. The van der Waals surface area contributed by atoms with Gasteiger partial charge in [-0.3, -0.25) is 10.1 Å². The molecule has 1 aliphatic rings. The summed E-state index contributed by atoms with van der Waals surface area (Å²) in [6.07, 6.45) is 3.45. The van der Waals surface area contributed by atoms with Crippen molar-refractivity contribution in [3.8, 4) is 0 Å². The van der Waals surface area contributed by atoms with E-state index in [0.717, 1.165) is 26.1 Å². The number of likely N-dealkylation sites (tertiary alicyclic amines) is 1. The standard InChI is InChI=1S/C14H20ClN3O2/c1-17-9-6-11(7-10-17)5-8-16-13-4-2-3-12(15)14(13)18(19)20/h2-4,11,16H,5-10H2,1H3. The normalized spacial score (nSPS) is 17.1. The predicted octanol–water partition coefficient (Wildman–Crippen LogP) is 3.39. The predicted molar refractivity (Wildman–Crippen MR) is 81.4 cm³/mol. The summed E-state index contributed by atoms with van der Waals surface area (Å²) in [5.41, 5.74) is 0.480. The Morgan fingerprint density at radius 2 is 2.15 bits per heavy atom. The summed E-state index contributed by atoms with van der Waals surface area (Å²) in [5.74, 6) is 0.706. The minimum Gasteiger partial charge on any atom is -0.379 e. The molecule has 5 nitrogen and oxygen atoms in total. The number of para-hydroxylation sites is 1. The molecule has 1 N–H and O–H groups in total. The molecule has 1 aromatic rings. The molecule has 0 saturated carbocycles. The van der Waals surface area contributed by atoms with E-state index in [1.54, 1.807) is 18.2 Å². The van der Waals surface area contributed by atoms with Gasteiger partial charge < -0.3 is 10.2 Å². The van der Waals surface area contributed by atoms with Gasteiger partial charge in [0.25, 0.3) is 0 Å². The van der Waals surface area contributed by atoms with Crippen LogP contribution in [0.25, 0.3) is 0 Å². The minimum absolute atomic E-state index is 0.0301. The fourth-order valence-electron chi connectivity index (χ4n) is 2.61. The van der Waals surface area contributed by atoms with Crippen LogP contribution >= 0.6 is 11.6 Å². The van der Waals surface area contributed by atoms with E-state index in [2.05, 4.69) is 17.3 Å². The second-order valence-electron chi connectivity index (χ2n) is 5.36. The van der Waals surface area contributed by atoms with Gasteiger partial charge in [-0.05, 0) is 57.5 Å². The summed E-state index contributed by atoms with van der Waals surface area (Å²) < 4.78 is 0. The first-order valence-electron chi connectivity index (χ1n) is 6.93. The van der Waals surface area contributed by atoms with Gasteiger partial charge in [-0.2, -0.15) is 0 Å². The summed E-state index contributed by atoms with van der Waals surface area (Å²) in [4.78, 5) is 12.9. The molecule has 0 aliphatic carbocycles. The number of hydrogen-bond acceptors (Lipinski definition) is 4. The molecule has 0 radical (unpaired) electrons. The van der Waals surface area contributed by atoms with Crippen molar-refractivity contribution in [3.63, 3.8) is 0 Å². The molecule has 0 bridgehead atoms. The lowest BCUT2D eigenvalue weighted by Gasteiger charge is -2.28. The Hall–Kier alpha value is -1.33. The number of nitrogens with zero attached hydrogens (tertiary/aromatic N) is 2. The van der Waals surface area contributed by atoms with Crippen molar-refractivity contribution >= 4 is 23.0 Å². The fraction of sp³-hybridized carbons (Fsp3) is 0.571. The first-order chi connectivity index (χ1) is 9.58. The maximum atomic E-state index is 11.0. The lowest BCUT2D eigenvalue weighted by molar-refractivity contribution is -0.383. The van der Waals surface area contributed by atoms with Crippen molar-refractivity contribution in [2.45, 2.75) is 19.3 Å². The van der Waals surface area contributed by atoms with E-state index in [0.29, 0.717) is 11.6 Å². The van der Waals surface area contributed by atoms with Crippen molar-refractivity contribution in [2.24, 2.45) is 5.92 Å². The third-order valence-electron chi connectivity index (χ3n) is 3.88. The zero-order chi connectivity index (χ0) is 14.5. The highest BCUT2D eigenvalue weighted by atomic mass is 35.5. The molecule has 1 aliphatic heterocycles. The average molecular weight is 298 g/mol. The molecule has 0 spiro atoms. The highest BCUT2D eigenvalue weighted by molar-refractivity contribution is 6.33. The monoisotopic (exact) mass is 297 g/mol. The highest BCUT2D eigenvalue weighted by Crippen LogP contribution is 2.32. The van der Waals surface area contributed by atoms with E-state index in [9.17, 15) is 10.1 Å². The Kier molecular flexibility index (Phi) is 5.20. The van der Waals surface area contributed by atoms with Crippen LogP contribution in [-0.4, -0.2) is 36.5 Å². The lowest BCUT2D eigenvalue weighted by atomic mass is 9.94. The van der Waals surface area contributed by atoms with Crippen LogP contribution in [0.4, 0.5) is 11.4 Å². The highest BCUT2D eigenvalue weighted by Gasteiger charge is 2.19. The number of anilines is 1. The van der Waals surface area contributed by atoms with Gasteiger partial charge in [0.05, 0.1) is 4.92 Å². The van der Waals surface area contributed by atoms with Gasteiger partial charge in [-0.25, -0.2) is 0 Å². The quantitative estimate of drug-likeness (QED) is 0.668. The Labute approximate surface area is 124 Å². The van der Waals surface area contributed by atoms with E-state index in [-0.39, 0.29) is 10.7 Å². The molecule has 0 aromatic heterocycles. The van der Waals surface area contributed by atoms with Crippen LogP contribution in [0.1, 0.15) is 19.3 Å². The molecule has 20 heavy (non-hydrogen) atoms. The Morgan fingerprint density at radius 3 is 2.80 bits per heavy atom. The van der Waals surface area contributed by atoms with Crippen molar-refractivity contribution in [2.75, 3.05) is 32.0 Å². The summed E-state index contributed by atoms with van der Waals surface area (Å²) in [5, 5.41) is 14.4. The maximum absolute atomic E-state index is 11.0. The molecule has 1 fully saturated rings. The zero-order valence-electron chi connectivity index (χ0n) is 11.6. The molecular weight excluding hydrogens is 278 g/mol. The number of nitro groups is 1. The molecule has 0 amide bonds. The van der Waals surface area contributed by atoms with Crippen molar-refractivity contribution in [1.29, 1.82) is 0 Å². The molecule has 1 saturated heterocycles. The van der Waals surface area contributed by atoms with E-state index >= 15 is 0 Å². The van der Waals surface area contributed by atoms with Gasteiger partial charge in [-0.15, -0.1) is 0 Å². The smallest absolute Gasteiger partial charge is 0.310 e. The van der Waals surface area contributed by atoms with Crippen molar-refractivity contribution in [3.05, 3.63) is 33.3 Å². The number of piperidine rings is 1. The van der Waals surface area contributed by atoms with Gasteiger partial charge in [0.1, 0.15) is 10.7 Å². The number of halogens is 1. The lowest BCUT2D eigenvalue weighted by Crippen LogP contribution is -2.30. The summed E-state index contributed by atoms with van der Waals surface area (Å²) >= 11 is 5.88. The largest absolute Gasteiger partial charge is 0.379 e. The van der Waals surface area contributed by atoms with Crippen LogP contribution in [0.15, 0.2) is 18.2 Å². The van der Waals surface area contributed by atoms with Gasteiger partial charge in [-0.1, -0.05) is 17.7 Å². The molecule has 0 unspecified atom stereocenters. The maximum Gasteiger partial charge on any atom is 0.310 e. The third kappa shape index (κ3) is 3.84. The van der Waals surface area contributed by atoms with Crippen LogP contribution in [0.2, 0.25) is 5.02 Å². The fourth-order valence-corrected chi connectivity index (χ4v) is 2.85. The zero-order valence-corrected chi connectivity index (χ0v) is 12.4. The molecule has 1 heterocycles. The van der Waals surface area contributed by atoms with Crippen LogP contribution in [-0.2, 0) is 0 Å². The Bertz CT molecular complexity index is 473. The molecule has 0 atom stereocenters. The van der Waals surface area contributed by atoms with Crippen LogP contribution in [0.5, 0.6) is 0 Å². The molecule has 2 rings (SSSR count). The van der Waals surface area contributed by atoms with Gasteiger partial charge >= 0.3 is 5.69 Å². The first kappa shape index (κ1) is 15.1. The van der Waals surface area contributed by atoms with Crippen LogP contribution in [0, 0.1) is 16.0 Å². The summed E-state index contributed by atoms with van der Waals surface area (Å²) in [7, 11) is 2.14. The Balaban J connectivity index is 1.88. The SMILES string of the molecule is CN1CCC(CCNc2cccc(Cl)c2[N+](=O)[O-])CC1. The van der Waals surface area contributed by atoms with E-state index in [1.807, 2.05) is 0 Å². The number of benzene rings is 1. The summed E-state index contributed by atoms with van der Waals surface area (Å²) in [6, 6.07) is 4.98. The number of hydrogen-bond donors (Lipinski definition) is 1. The van der Waals surface area contributed by atoms with Gasteiger partial charge in [0, 0.05) is 6.54 Å². The van der Waals surface area contributed by atoms with Crippen LogP contribution < -0.4 is 5.32 Å². The third-order valence-corrected chi connectivity index (χ3v) is 4.18. The Morgan fingerprint density at radius 1 is 1.45 bits per heavy atom. The number of nitrogens with one attached hydrogen (secondary N) is 1. The second kappa shape index (κ2) is 6.90. The first-order valence-corrected chi connectivity index (χ1v) is 7.31. The van der Waals surface area contributed by atoms with E-state index in [4.69, 9.17) is 11.6 Å². The molecular formula is C14H20ClN3O2. The van der Waals surface area contributed by atoms with Crippen LogP contribution in [0.3, 0.4) is 0 Å². The second-order valence-corrected chi connectivity index (χ2v) is 5.76. The van der Waals surface area contributed by atoms with E-state index < -0.39 is 4.92 Å². The van der Waals surface area contributed by atoms with Gasteiger partial charge in [0.15, 0.2) is 0 Å². The number of nitro benzene ring substituents is 1.